The summed E-state index contributed by atoms with van der Waals surface area (Å²) in [7, 11) is 0. The lowest BCUT2D eigenvalue weighted by molar-refractivity contribution is -0.402. The third-order valence-corrected chi connectivity index (χ3v) is 4.53. The molecule has 11 heteroatoms. The van der Waals surface area contributed by atoms with Gasteiger partial charge < -0.3 is 8.83 Å². The van der Waals surface area contributed by atoms with Crippen molar-refractivity contribution in [3.8, 4) is 0 Å². The van der Waals surface area contributed by atoms with Gasteiger partial charge in [0.1, 0.15) is 10.7 Å². The second kappa shape index (κ2) is 7.04. The van der Waals surface area contributed by atoms with E-state index in [2.05, 4.69) is 10.1 Å². The van der Waals surface area contributed by atoms with Crippen molar-refractivity contribution >= 4 is 44.7 Å². The Morgan fingerprint density at radius 1 is 1.32 bits per heavy atom. The van der Waals surface area contributed by atoms with E-state index in [-0.39, 0.29) is 16.7 Å². The number of nitro groups is 1. The zero-order valence-corrected chi connectivity index (χ0v) is 14.6. The van der Waals surface area contributed by atoms with Gasteiger partial charge in [-0.15, -0.1) is 0 Å². The number of carbonyl (C=O) groups excluding carboxylic acids is 1. The molecule has 0 atom stereocenters. The molecule has 4 rings (SSSR count). The number of aromatic nitrogens is 1. The number of hydrogen-bond donors (Lipinski definition) is 0. The van der Waals surface area contributed by atoms with Crippen LogP contribution >= 0.6 is 11.3 Å². The Bertz CT molecular complexity index is 1200. The summed E-state index contributed by atoms with van der Waals surface area (Å²) in [5, 5.41) is 15.9. The molecular formula is C17H9FN4O5S. The predicted octanol–water partition coefficient (Wildman–Crippen LogP) is 4.21. The van der Waals surface area contributed by atoms with Crippen LogP contribution in [0.15, 0.2) is 62.7 Å². The van der Waals surface area contributed by atoms with Gasteiger partial charge in [-0.2, -0.15) is 10.1 Å². The lowest BCUT2D eigenvalue weighted by Gasteiger charge is -2.11. The van der Waals surface area contributed by atoms with E-state index in [1.54, 1.807) is 6.07 Å². The molecule has 140 valence electrons. The number of nitrogens with zero attached hydrogens (tertiary/aromatic N) is 4. The normalized spacial score (nSPS) is 11.3. The number of hydrogen-bond acceptors (Lipinski definition) is 8. The van der Waals surface area contributed by atoms with Crippen molar-refractivity contribution in [3.63, 3.8) is 0 Å². The van der Waals surface area contributed by atoms with Crippen molar-refractivity contribution in [2.75, 3.05) is 5.01 Å². The second-order valence-electron chi connectivity index (χ2n) is 5.38. The molecule has 0 bridgehead atoms. The Morgan fingerprint density at radius 2 is 2.18 bits per heavy atom. The van der Waals surface area contributed by atoms with Gasteiger partial charge in [0.25, 0.3) is 0 Å². The van der Waals surface area contributed by atoms with Crippen LogP contribution in [0.3, 0.4) is 0 Å². The van der Waals surface area contributed by atoms with Gasteiger partial charge in [0.2, 0.25) is 5.13 Å². The van der Waals surface area contributed by atoms with E-state index in [1.807, 2.05) is 0 Å². The molecule has 0 N–H and O–H groups in total. The molecule has 0 saturated heterocycles. The standard InChI is InChI=1S/C17H9FN4O5S/c18-10-3-5-12-14(8-10)28-17(20-12)21(16(23)13-2-1-7-26-13)19-9-11-4-6-15(27-11)22(24)25/h1-9H/b19-9-. The van der Waals surface area contributed by atoms with Crippen LogP contribution in [-0.4, -0.2) is 22.0 Å². The highest BCUT2D eigenvalue weighted by Crippen LogP contribution is 2.30. The van der Waals surface area contributed by atoms with Gasteiger partial charge in [-0.1, -0.05) is 11.3 Å². The molecule has 0 aliphatic carbocycles. The van der Waals surface area contributed by atoms with Crippen LogP contribution in [0.5, 0.6) is 0 Å². The SMILES string of the molecule is O=C(c1ccco1)N(/N=C\c1ccc([N+](=O)[O-])o1)c1nc2ccc(F)cc2s1. The van der Waals surface area contributed by atoms with Gasteiger partial charge in [0.15, 0.2) is 11.5 Å². The number of furan rings is 2. The van der Waals surface area contributed by atoms with Gasteiger partial charge in [0.05, 0.1) is 28.8 Å². The number of carbonyl (C=O) groups is 1. The van der Waals surface area contributed by atoms with E-state index < -0.39 is 22.5 Å². The Hall–Kier alpha value is -3.86. The molecule has 9 nitrogen and oxygen atoms in total. The molecule has 28 heavy (non-hydrogen) atoms. The molecule has 0 radical (unpaired) electrons. The van der Waals surface area contributed by atoms with Crippen LogP contribution in [0.2, 0.25) is 0 Å². The first-order chi connectivity index (χ1) is 13.5. The Labute approximate surface area is 159 Å². The van der Waals surface area contributed by atoms with Gasteiger partial charge >= 0.3 is 11.8 Å². The minimum absolute atomic E-state index is 0.00742. The van der Waals surface area contributed by atoms with Crippen LogP contribution in [0.1, 0.15) is 16.3 Å². The first-order valence-electron chi connectivity index (χ1n) is 7.73. The molecule has 0 aliphatic rings. The fourth-order valence-corrected chi connectivity index (χ4v) is 3.24. The molecule has 1 amide bonds. The quantitative estimate of drug-likeness (QED) is 0.282. The Balaban J connectivity index is 1.73. The average Bonchev–Trinajstić information content (AvgIpc) is 3.41. The summed E-state index contributed by atoms with van der Waals surface area (Å²) in [5.74, 6) is -1.44. The second-order valence-corrected chi connectivity index (χ2v) is 6.39. The van der Waals surface area contributed by atoms with E-state index in [1.165, 1.54) is 42.7 Å². The van der Waals surface area contributed by atoms with Crippen LogP contribution in [0.4, 0.5) is 15.4 Å². The van der Waals surface area contributed by atoms with Crippen molar-refractivity contribution in [1.29, 1.82) is 0 Å². The Morgan fingerprint density at radius 3 is 2.89 bits per heavy atom. The maximum atomic E-state index is 13.5. The van der Waals surface area contributed by atoms with E-state index >= 15 is 0 Å². The van der Waals surface area contributed by atoms with Gasteiger partial charge in [-0.05, 0) is 36.4 Å². The summed E-state index contributed by atoms with van der Waals surface area (Å²) in [6.07, 6.45) is 2.47. The largest absolute Gasteiger partial charge is 0.459 e. The van der Waals surface area contributed by atoms with Crippen molar-refractivity contribution < 1.29 is 22.9 Å². The van der Waals surface area contributed by atoms with Crippen molar-refractivity contribution in [2.45, 2.75) is 0 Å². The predicted molar refractivity (Wildman–Crippen MR) is 98.1 cm³/mol. The topological polar surface area (TPSA) is 115 Å². The van der Waals surface area contributed by atoms with Gasteiger partial charge in [-0.25, -0.2) is 9.37 Å². The maximum absolute atomic E-state index is 13.5. The highest BCUT2D eigenvalue weighted by Gasteiger charge is 2.23. The number of benzene rings is 1. The summed E-state index contributed by atoms with van der Waals surface area (Å²) < 4.78 is 24.1. The smallest absolute Gasteiger partial charge is 0.433 e. The molecule has 0 fully saturated rings. The summed E-state index contributed by atoms with van der Waals surface area (Å²) in [6.45, 7) is 0. The van der Waals surface area contributed by atoms with Crippen LogP contribution in [-0.2, 0) is 0 Å². The average molecular weight is 400 g/mol. The first kappa shape index (κ1) is 17.5. The number of rotatable bonds is 5. The van der Waals surface area contributed by atoms with Gasteiger partial charge in [-0.3, -0.25) is 14.9 Å². The summed E-state index contributed by atoms with van der Waals surface area (Å²) >= 11 is 1.05. The summed E-state index contributed by atoms with van der Waals surface area (Å²) in [5.41, 5.74) is 0.488. The van der Waals surface area contributed by atoms with E-state index in [9.17, 15) is 19.3 Å². The lowest BCUT2D eigenvalue weighted by Crippen LogP contribution is -2.25. The number of amides is 1. The molecule has 4 aromatic rings. The van der Waals surface area contributed by atoms with Crippen molar-refractivity contribution in [1.82, 2.24) is 4.98 Å². The highest BCUT2D eigenvalue weighted by molar-refractivity contribution is 7.22. The number of anilines is 1. The molecule has 0 saturated carbocycles. The van der Waals surface area contributed by atoms with E-state index in [4.69, 9.17) is 8.83 Å². The maximum Gasteiger partial charge on any atom is 0.433 e. The molecular weight excluding hydrogens is 391 g/mol. The molecule has 0 spiro atoms. The number of thiazole rings is 1. The monoisotopic (exact) mass is 400 g/mol. The van der Waals surface area contributed by atoms with Crippen LogP contribution in [0.25, 0.3) is 10.2 Å². The molecule has 1 aromatic carbocycles. The summed E-state index contributed by atoms with van der Waals surface area (Å²) in [4.78, 5) is 27.1. The third kappa shape index (κ3) is 3.38. The number of hydrazone groups is 1. The minimum Gasteiger partial charge on any atom is -0.459 e. The van der Waals surface area contributed by atoms with Crippen LogP contribution < -0.4 is 5.01 Å². The number of fused-ring (bicyclic) bond motifs is 1. The zero-order valence-electron chi connectivity index (χ0n) is 13.8. The lowest BCUT2D eigenvalue weighted by atomic mass is 10.3. The molecule has 3 heterocycles. The molecule has 0 unspecified atom stereocenters. The van der Waals surface area contributed by atoms with Crippen molar-refractivity contribution in [2.24, 2.45) is 5.10 Å². The minimum atomic E-state index is -0.689. The van der Waals surface area contributed by atoms with E-state index in [0.29, 0.717) is 10.2 Å². The van der Waals surface area contributed by atoms with E-state index in [0.717, 1.165) is 22.6 Å². The summed E-state index contributed by atoms with van der Waals surface area (Å²) in [6, 6.07) is 9.54. The number of halogens is 1. The highest BCUT2D eigenvalue weighted by atomic mass is 32.1. The molecule has 0 aliphatic heterocycles. The first-order valence-corrected chi connectivity index (χ1v) is 8.55. The van der Waals surface area contributed by atoms with Crippen LogP contribution in [0, 0.1) is 15.9 Å². The fourth-order valence-electron chi connectivity index (χ4n) is 2.29. The Kier molecular flexibility index (Phi) is 4.41. The zero-order chi connectivity index (χ0) is 19.7. The van der Waals surface area contributed by atoms with Crippen molar-refractivity contribution in [3.05, 3.63) is 76.2 Å². The van der Waals surface area contributed by atoms with Gasteiger partial charge in [0, 0.05) is 0 Å². The fraction of sp³-hybridized carbons (Fsp3) is 0. The molecule has 3 aromatic heterocycles. The third-order valence-electron chi connectivity index (χ3n) is 3.54.